The van der Waals surface area contributed by atoms with Gasteiger partial charge in [-0.3, -0.25) is 14.5 Å². The number of anilines is 2. The molecule has 2 aromatic rings. The Balaban J connectivity index is 1.61. The van der Waals surface area contributed by atoms with Crippen molar-refractivity contribution in [2.75, 3.05) is 22.9 Å². The molecule has 2 aliphatic heterocycles. The van der Waals surface area contributed by atoms with Crippen molar-refractivity contribution >= 4 is 45.8 Å². The minimum atomic E-state index is -0.619. The number of aldehydes is 1. The lowest BCUT2D eigenvalue weighted by Gasteiger charge is -2.37. The number of halogens is 1. The molecular formula is C20H22FN3O4S. The molecule has 0 unspecified atom stereocenters. The van der Waals surface area contributed by atoms with Gasteiger partial charge >= 0.3 is 0 Å². The smallest absolute Gasteiger partial charge is 0.287 e. The Morgan fingerprint density at radius 3 is 2.76 bits per heavy atom. The molecule has 0 spiro atoms. The van der Waals surface area contributed by atoms with E-state index in [1.54, 1.807) is 11.0 Å². The third-order valence-corrected chi connectivity index (χ3v) is 7.23. The molecule has 3 aliphatic rings. The van der Waals surface area contributed by atoms with Crippen LogP contribution in [0.15, 0.2) is 10.6 Å². The van der Waals surface area contributed by atoms with Crippen LogP contribution in [0.4, 0.5) is 20.7 Å². The number of fused-ring (bicyclic) bond motifs is 2. The molecule has 1 aliphatic carbocycles. The van der Waals surface area contributed by atoms with Crippen molar-refractivity contribution in [3.63, 3.8) is 0 Å². The van der Waals surface area contributed by atoms with Crippen LogP contribution in [0.1, 0.15) is 43.5 Å². The normalized spacial score (nSPS) is 29.7. The van der Waals surface area contributed by atoms with Gasteiger partial charge in [0.25, 0.3) is 5.24 Å². The van der Waals surface area contributed by atoms with Gasteiger partial charge in [0, 0.05) is 23.9 Å². The average Bonchev–Trinajstić information content (AvgIpc) is 3.35. The molecule has 3 fully saturated rings. The fraction of sp³-hybridized carbons (Fsp3) is 0.550. The van der Waals surface area contributed by atoms with Crippen molar-refractivity contribution in [3.8, 4) is 0 Å². The number of ether oxygens (including phenoxy) is 1. The fourth-order valence-corrected chi connectivity index (χ4v) is 6.18. The van der Waals surface area contributed by atoms with Gasteiger partial charge < -0.3 is 14.2 Å². The molecule has 1 aromatic carbocycles. The van der Waals surface area contributed by atoms with Gasteiger partial charge in [-0.15, -0.1) is 0 Å². The minimum Gasteiger partial charge on any atom is -0.372 e. The Kier molecular flexibility index (Phi) is 4.54. The molecular weight excluding hydrogens is 397 g/mol. The predicted molar refractivity (Wildman–Crippen MR) is 108 cm³/mol. The van der Waals surface area contributed by atoms with E-state index in [-0.39, 0.29) is 45.6 Å². The molecule has 7 nitrogen and oxygen atoms in total. The number of morpholine rings is 1. The highest BCUT2D eigenvalue weighted by atomic mass is 32.2. The van der Waals surface area contributed by atoms with E-state index in [2.05, 4.69) is 5.16 Å². The van der Waals surface area contributed by atoms with Gasteiger partial charge in [-0.2, -0.15) is 0 Å². The van der Waals surface area contributed by atoms with Crippen LogP contribution in [-0.4, -0.2) is 53.3 Å². The van der Waals surface area contributed by atoms with Gasteiger partial charge in [-0.05, 0) is 32.8 Å². The zero-order valence-corrected chi connectivity index (χ0v) is 17.1. The Bertz CT molecular complexity index is 986. The number of carbonyl (C=O) groups is 2. The predicted octanol–water partition coefficient (Wildman–Crippen LogP) is 3.99. The number of hydrogen-bond donors (Lipinski definition) is 0. The average molecular weight is 419 g/mol. The van der Waals surface area contributed by atoms with Crippen LogP contribution < -0.4 is 9.80 Å². The number of aromatic nitrogens is 1. The van der Waals surface area contributed by atoms with E-state index in [4.69, 9.17) is 9.26 Å². The van der Waals surface area contributed by atoms with E-state index in [1.165, 1.54) is 11.8 Å². The zero-order valence-electron chi connectivity index (χ0n) is 16.3. The molecule has 1 saturated carbocycles. The van der Waals surface area contributed by atoms with Crippen LogP contribution in [0, 0.1) is 5.82 Å². The van der Waals surface area contributed by atoms with Gasteiger partial charge in [0.2, 0.25) is 5.58 Å². The number of carbonyl (C=O) groups excluding carboxylic acids is 2. The molecule has 154 valence electrons. The molecule has 3 heterocycles. The lowest BCUT2D eigenvalue weighted by molar-refractivity contribution is -0.00543. The number of nitrogens with zero attached hydrogens (tertiary/aromatic N) is 3. The lowest BCUT2D eigenvalue weighted by Crippen LogP contribution is -2.46. The van der Waals surface area contributed by atoms with Crippen molar-refractivity contribution in [3.05, 3.63) is 17.4 Å². The van der Waals surface area contributed by atoms with Crippen LogP contribution in [-0.2, 0) is 4.74 Å². The van der Waals surface area contributed by atoms with Gasteiger partial charge in [0.15, 0.2) is 17.9 Å². The van der Waals surface area contributed by atoms with Crippen LogP contribution in [0.2, 0.25) is 0 Å². The van der Waals surface area contributed by atoms with Gasteiger partial charge in [-0.25, -0.2) is 4.39 Å². The van der Waals surface area contributed by atoms with Crippen molar-refractivity contribution in [2.45, 2.75) is 56.6 Å². The van der Waals surface area contributed by atoms with E-state index in [0.717, 1.165) is 19.3 Å². The maximum absolute atomic E-state index is 15.5. The third kappa shape index (κ3) is 2.93. The number of benzene rings is 1. The van der Waals surface area contributed by atoms with Gasteiger partial charge in [0.05, 0.1) is 29.3 Å². The summed E-state index contributed by atoms with van der Waals surface area (Å²) < 4.78 is 26.6. The van der Waals surface area contributed by atoms with Crippen LogP contribution in [0.3, 0.4) is 0 Å². The first kappa shape index (κ1) is 18.9. The van der Waals surface area contributed by atoms with Crippen molar-refractivity contribution in [1.82, 2.24) is 5.16 Å². The Hall–Kier alpha value is -2.13. The summed E-state index contributed by atoms with van der Waals surface area (Å²) in [6.45, 7) is 4.78. The van der Waals surface area contributed by atoms with E-state index >= 15 is 4.39 Å². The summed E-state index contributed by atoms with van der Waals surface area (Å²) in [5.74, 6) is -0.309. The summed E-state index contributed by atoms with van der Waals surface area (Å²) in [4.78, 5) is 27.9. The van der Waals surface area contributed by atoms with Crippen molar-refractivity contribution in [2.24, 2.45) is 0 Å². The molecule has 1 amide bonds. The highest BCUT2D eigenvalue weighted by molar-refractivity contribution is 8.14. The number of thioether (sulfide) groups is 1. The van der Waals surface area contributed by atoms with E-state index in [0.29, 0.717) is 30.6 Å². The number of amides is 1. The topological polar surface area (TPSA) is 75.9 Å². The summed E-state index contributed by atoms with van der Waals surface area (Å²) in [7, 11) is 0. The summed E-state index contributed by atoms with van der Waals surface area (Å²) >= 11 is 1.31. The molecule has 1 aromatic heterocycles. The first-order chi connectivity index (χ1) is 14.0. The number of hydrogen-bond acceptors (Lipinski definition) is 7. The Morgan fingerprint density at radius 2 is 2.03 bits per heavy atom. The summed E-state index contributed by atoms with van der Waals surface area (Å²) in [5.41, 5.74) is 0.410. The Labute approximate surface area is 171 Å². The lowest BCUT2D eigenvalue weighted by atomic mass is 10.1. The zero-order chi connectivity index (χ0) is 20.3. The second kappa shape index (κ2) is 6.98. The van der Waals surface area contributed by atoms with E-state index in [9.17, 15) is 9.59 Å². The number of rotatable bonds is 3. The summed E-state index contributed by atoms with van der Waals surface area (Å²) in [6.07, 6.45) is 3.40. The van der Waals surface area contributed by atoms with Gasteiger partial charge in [0.1, 0.15) is 0 Å². The molecule has 0 bridgehead atoms. The highest BCUT2D eigenvalue weighted by Gasteiger charge is 2.46. The molecule has 5 rings (SSSR count). The Morgan fingerprint density at radius 1 is 1.28 bits per heavy atom. The highest BCUT2D eigenvalue weighted by Crippen LogP contribution is 2.46. The molecule has 2 saturated heterocycles. The SMILES string of the molecule is C[C@@H]1CN(c2c(C=O)cc3c(N4C(=O)S[C@@H]5CCC[C@@H]54)noc3c2F)C[C@@H](C)O1. The first-order valence-corrected chi connectivity index (χ1v) is 10.8. The maximum Gasteiger partial charge on any atom is 0.287 e. The van der Waals surface area contributed by atoms with Crippen molar-refractivity contribution < 1.29 is 23.2 Å². The molecule has 4 atom stereocenters. The monoisotopic (exact) mass is 419 g/mol. The molecule has 0 radical (unpaired) electrons. The standard InChI is InChI=1S/C20H22FN3O4S/c1-10-7-23(8-11(2)27-10)17-12(9-25)6-13-18(16(17)21)28-22-19(13)24-14-4-3-5-15(14)29-20(24)26/h6,9-11,14-15H,3-5,7-8H2,1-2H3/t10-,11-,14+,15-/m1/s1. The summed E-state index contributed by atoms with van der Waals surface area (Å²) in [6, 6.07) is 1.64. The third-order valence-electron chi connectivity index (χ3n) is 5.98. The van der Waals surface area contributed by atoms with E-state index < -0.39 is 5.82 Å². The molecule has 29 heavy (non-hydrogen) atoms. The quantitative estimate of drug-likeness (QED) is 0.697. The van der Waals surface area contributed by atoms with Crippen molar-refractivity contribution in [1.29, 1.82) is 0 Å². The minimum absolute atomic E-state index is 0.0216. The van der Waals surface area contributed by atoms with E-state index in [1.807, 2.05) is 18.7 Å². The van der Waals surface area contributed by atoms with Crippen LogP contribution in [0.25, 0.3) is 11.0 Å². The largest absolute Gasteiger partial charge is 0.372 e. The van der Waals surface area contributed by atoms with Crippen LogP contribution >= 0.6 is 11.8 Å². The first-order valence-electron chi connectivity index (χ1n) is 9.95. The molecule has 0 N–H and O–H groups in total. The maximum atomic E-state index is 15.5. The second-order valence-corrected chi connectivity index (χ2v) is 9.27. The second-order valence-electron chi connectivity index (χ2n) is 8.08. The fourth-order valence-electron chi connectivity index (χ4n) is 4.89. The van der Waals surface area contributed by atoms with Crippen LogP contribution in [0.5, 0.6) is 0 Å². The summed E-state index contributed by atoms with van der Waals surface area (Å²) in [5, 5.41) is 4.56. The van der Waals surface area contributed by atoms with Gasteiger partial charge in [-0.1, -0.05) is 23.3 Å². The molecule has 9 heteroatoms.